The summed E-state index contributed by atoms with van der Waals surface area (Å²) in [7, 11) is 0. The van der Waals surface area contributed by atoms with Crippen LogP contribution in [0.1, 0.15) is 18.1 Å². The summed E-state index contributed by atoms with van der Waals surface area (Å²) in [4.78, 5) is 0. The van der Waals surface area contributed by atoms with Crippen molar-refractivity contribution in [2.75, 3.05) is 0 Å². The van der Waals surface area contributed by atoms with Crippen molar-refractivity contribution in [2.45, 2.75) is 12.3 Å². The van der Waals surface area contributed by atoms with Crippen LogP contribution in [-0.4, -0.2) is 0 Å². The van der Waals surface area contributed by atoms with Crippen LogP contribution in [0.2, 0.25) is 0 Å². The highest BCUT2D eigenvalue weighted by molar-refractivity contribution is 5.40. The molecule has 0 radical (unpaired) electrons. The summed E-state index contributed by atoms with van der Waals surface area (Å²) in [6.45, 7) is 9.27. The summed E-state index contributed by atoms with van der Waals surface area (Å²) in [6.07, 6.45) is 3.39. The molecular weight excluding hydrogens is 189 g/mol. The molecule has 0 saturated heterocycles. The summed E-state index contributed by atoms with van der Waals surface area (Å²) < 4.78 is 13.4. The van der Waals surface area contributed by atoms with Gasteiger partial charge in [0.1, 0.15) is 11.9 Å². The van der Waals surface area contributed by atoms with Gasteiger partial charge in [-0.05, 0) is 24.6 Å². The molecule has 1 aromatic rings. The van der Waals surface area contributed by atoms with Gasteiger partial charge in [0.05, 0.1) is 5.56 Å². The second-order valence-corrected chi connectivity index (χ2v) is 3.50. The molecule has 76 valence electrons. The normalized spacial score (nSPS) is 10.5. The number of allylic oxidation sites excluding steroid dienone is 2. The lowest BCUT2D eigenvalue weighted by Gasteiger charge is -2.21. The molecule has 0 fully saturated rings. The van der Waals surface area contributed by atoms with Crippen LogP contribution in [-0.2, 0) is 5.41 Å². The number of halogens is 1. The Labute approximate surface area is 89.2 Å². The molecule has 0 spiro atoms. The Hall–Kier alpha value is -1.88. The van der Waals surface area contributed by atoms with E-state index in [0.29, 0.717) is 0 Å². The van der Waals surface area contributed by atoms with E-state index in [-0.39, 0.29) is 5.56 Å². The van der Waals surface area contributed by atoms with E-state index in [9.17, 15) is 4.39 Å². The molecule has 0 saturated carbocycles. The topological polar surface area (TPSA) is 23.8 Å². The maximum Gasteiger partial charge on any atom is 0.141 e. The molecule has 0 N–H and O–H groups in total. The van der Waals surface area contributed by atoms with Crippen LogP contribution < -0.4 is 0 Å². The molecule has 0 aromatic heterocycles. The van der Waals surface area contributed by atoms with Crippen molar-refractivity contribution in [2.24, 2.45) is 0 Å². The van der Waals surface area contributed by atoms with Gasteiger partial charge in [-0.3, -0.25) is 0 Å². The fourth-order valence-corrected chi connectivity index (χ4v) is 1.26. The Morgan fingerprint density at radius 1 is 1.40 bits per heavy atom. The molecule has 1 rings (SSSR count). The van der Waals surface area contributed by atoms with Gasteiger partial charge >= 0.3 is 0 Å². The summed E-state index contributed by atoms with van der Waals surface area (Å²) in [5.74, 6) is -0.509. The highest BCUT2D eigenvalue weighted by Crippen LogP contribution is 2.27. The third-order valence-electron chi connectivity index (χ3n) is 2.56. The van der Waals surface area contributed by atoms with Gasteiger partial charge in [0.2, 0.25) is 0 Å². The highest BCUT2D eigenvalue weighted by Gasteiger charge is 2.19. The Balaban J connectivity index is 3.30. The van der Waals surface area contributed by atoms with Crippen LogP contribution in [0.25, 0.3) is 0 Å². The SMILES string of the molecule is C=CC(C)(C=C)c1ccc(C#N)c(F)c1. The summed E-state index contributed by atoms with van der Waals surface area (Å²) in [5, 5.41) is 8.60. The molecule has 0 atom stereocenters. The van der Waals surface area contributed by atoms with Crippen molar-refractivity contribution in [1.82, 2.24) is 0 Å². The molecule has 0 heterocycles. The Bertz CT molecular complexity index is 432. The van der Waals surface area contributed by atoms with Crippen molar-refractivity contribution in [3.8, 4) is 6.07 Å². The zero-order valence-electron chi connectivity index (χ0n) is 8.63. The first-order valence-corrected chi connectivity index (χ1v) is 4.54. The number of benzene rings is 1. The lowest BCUT2D eigenvalue weighted by molar-refractivity contribution is 0.616. The Morgan fingerprint density at radius 2 is 2.00 bits per heavy atom. The number of nitrogens with zero attached hydrogens (tertiary/aromatic N) is 1. The van der Waals surface area contributed by atoms with E-state index in [1.54, 1.807) is 24.3 Å². The third kappa shape index (κ3) is 1.97. The first-order chi connectivity index (χ1) is 7.07. The van der Waals surface area contributed by atoms with Crippen molar-refractivity contribution in [3.05, 3.63) is 60.5 Å². The van der Waals surface area contributed by atoms with E-state index in [4.69, 9.17) is 5.26 Å². The summed E-state index contributed by atoms with van der Waals surface area (Å²) >= 11 is 0. The van der Waals surface area contributed by atoms with Crippen molar-refractivity contribution < 1.29 is 4.39 Å². The van der Waals surface area contributed by atoms with E-state index in [1.807, 2.05) is 6.92 Å². The summed E-state index contributed by atoms with van der Waals surface area (Å²) in [5.41, 5.74) is 0.327. The second-order valence-electron chi connectivity index (χ2n) is 3.50. The van der Waals surface area contributed by atoms with Gasteiger partial charge in [0, 0.05) is 5.41 Å². The van der Waals surface area contributed by atoms with Crippen LogP contribution in [0.4, 0.5) is 4.39 Å². The monoisotopic (exact) mass is 201 g/mol. The van der Waals surface area contributed by atoms with Gasteiger partial charge in [-0.2, -0.15) is 5.26 Å². The molecule has 0 unspecified atom stereocenters. The van der Waals surface area contributed by atoms with Gasteiger partial charge < -0.3 is 0 Å². The lowest BCUT2D eigenvalue weighted by atomic mass is 9.82. The van der Waals surface area contributed by atoms with Crippen LogP contribution in [0, 0.1) is 17.1 Å². The Kier molecular flexibility index (Phi) is 3.06. The molecule has 1 nitrogen and oxygen atoms in total. The van der Waals surface area contributed by atoms with Gasteiger partial charge in [-0.25, -0.2) is 4.39 Å². The maximum absolute atomic E-state index is 13.4. The van der Waals surface area contributed by atoms with Gasteiger partial charge in [-0.15, -0.1) is 13.2 Å². The third-order valence-corrected chi connectivity index (χ3v) is 2.56. The number of hydrogen-bond donors (Lipinski definition) is 0. The van der Waals surface area contributed by atoms with Crippen LogP contribution in [0.5, 0.6) is 0 Å². The van der Waals surface area contributed by atoms with Crippen molar-refractivity contribution in [1.29, 1.82) is 5.26 Å². The van der Waals surface area contributed by atoms with E-state index in [1.165, 1.54) is 12.1 Å². The molecule has 0 aliphatic carbocycles. The van der Waals surface area contributed by atoms with Crippen LogP contribution in [0.15, 0.2) is 43.5 Å². The second kappa shape index (κ2) is 4.10. The number of rotatable bonds is 3. The first-order valence-electron chi connectivity index (χ1n) is 4.54. The molecule has 1 aromatic carbocycles. The smallest absolute Gasteiger partial charge is 0.141 e. The standard InChI is InChI=1S/C13H12FN/c1-4-13(3,5-2)11-7-6-10(9-15)12(14)8-11/h4-8H,1-2H2,3H3. The van der Waals surface area contributed by atoms with Gasteiger partial charge in [0.25, 0.3) is 0 Å². The van der Waals surface area contributed by atoms with Gasteiger partial charge in [-0.1, -0.05) is 18.2 Å². The number of nitriles is 1. The molecule has 0 amide bonds. The first kappa shape index (κ1) is 11.2. The minimum Gasteiger partial charge on any atom is -0.206 e. The zero-order chi connectivity index (χ0) is 11.5. The van der Waals surface area contributed by atoms with E-state index in [0.717, 1.165) is 5.56 Å². The maximum atomic E-state index is 13.4. The van der Waals surface area contributed by atoms with E-state index in [2.05, 4.69) is 13.2 Å². The van der Waals surface area contributed by atoms with Crippen LogP contribution in [0.3, 0.4) is 0 Å². The molecule has 0 aliphatic rings. The minimum atomic E-state index is -0.509. The van der Waals surface area contributed by atoms with E-state index >= 15 is 0 Å². The molecular formula is C13H12FN. The fourth-order valence-electron chi connectivity index (χ4n) is 1.26. The predicted molar refractivity (Wildman–Crippen MR) is 58.9 cm³/mol. The molecule has 0 bridgehead atoms. The largest absolute Gasteiger partial charge is 0.206 e. The number of hydrogen-bond acceptors (Lipinski definition) is 1. The highest BCUT2D eigenvalue weighted by atomic mass is 19.1. The molecule has 2 heteroatoms. The quantitative estimate of drug-likeness (QED) is 0.688. The van der Waals surface area contributed by atoms with Crippen molar-refractivity contribution in [3.63, 3.8) is 0 Å². The van der Waals surface area contributed by atoms with Crippen molar-refractivity contribution >= 4 is 0 Å². The van der Waals surface area contributed by atoms with Crippen LogP contribution >= 0.6 is 0 Å². The van der Waals surface area contributed by atoms with E-state index < -0.39 is 11.2 Å². The Morgan fingerprint density at radius 3 is 2.40 bits per heavy atom. The molecule has 0 aliphatic heterocycles. The average molecular weight is 201 g/mol. The minimum absolute atomic E-state index is 0.0502. The zero-order valence-corrected chi connectivity index (χ0v) is 8.63. The predicted octanol–water partition coefficient (Wildman–Crippen LogP) is 3.33. The average Bonchev–Trinajstić information content (AvgIpc) is 2.28. The lowest BCUT2D eigenvalue weighted by Crippen LogP contribution is -2.15. The fraction of sp³-hybridized carbons (Fsp3) is 0.154. The summed E-state index contributed by atoms with van der Waals surface area (Å²) in [6, 6.07) is 6.31. The van der Waals surface area contributed by atoms with Gasteiger partial charge in [0.15, 0.2) is 0 Å². The molecule has 15 heavy (non-hydrogen) atoms.